The van der Waals surface area contributed by atoms with E-state index in [0.717, 1.165) is 0 Å². The van der Waals surface area contributed by atoms with Gasteiger partial charge in [-0.05, 0) is 12.1 Å². The Hall–Kier alpha value is -2.33. The molecule has 1 rings (SSSR count). The van der Waals surface area contributed by atoms with Gasteiger partial charge < -0.3 is 21.1 Å². The molecular weight excluding hydrogens is 246 g/mol. The number of nitrogen functional groups attached to an aromatic ring is 1. The number of methoxy groups -OCH3 is 1. The van der Waals surface area contributed by atoms with Crippen molar-refractivity contribution in [1.29, 1.82) is 5.26 Å². The smallest absolute Gasteiger partial charge is 0.221 e. The third kappa shape index (κ3) is 5.23. The normalized spacial score (nSPS) is 9.68. The summed E-state index contributed by atoms with van der Waals surface area (Å²) in [5.74, 6) is 0.455. The number of ether oxygens (including phenoxy) is 1. The van der Waals surface area contributed by atoms with Crippen molar-refractivity contribution in [1.82, 2.24) is 10.3 Å². The van der Waals surface area contributed by atoms with Crippen LogP contribution in [0.2, 0.25) is 0 Å². The Morgan fingerprint density at radius 3 is 3.00 bits per heavy atom. The van der Waals surface area contributed by atoms with Crippen molar-refractivity contribution in [3.63, 3.8) is 0 Å². The molecule has 0 aliphatic rings. The maximum absolute atomic E-state index is 11.4. The average molecular weight is 263 g/mol. The number of nitrogens with zero attached hydrogens (tertiary/aromatic N) is 2. The molecule has 102 valence electrons. The minimum atomic E-state index is -0.0690. The predicted octanol–water partition coefficient (Wildman–Crippen LogP) is 0.100. The molecule has 0 aliphatic heterocycles. The zero-order valence-corrected chi connectivity index (χ0v) is 10.8. The summed E-state index contributed by atoms with van der Waals surface area (Å²) < 4.78 is 4.82. The van der Waals surface area contributed by atoms with Crippen molar-refractivity contribution in [3.8, 4) is 6.07 Å². The third-order valence-electron chi connectivity index (χ3n) is 2.32. The fraction of sp³-hybridized carbons (Fsp3) is 0.417. The molecule has 0 fully saturated rings. The lowest BCUT2D eigenvalue weighted by Crippen LogP contribution is -2.28. The fourth-order valence-corrected chi connectivity index (χ4v) is 1.34. The maximum atomic E-state index is 11.4. The first kappa shape index (κ1) is 14.7. The van der Waals surface area contributed by atoms with Crippen LogP contribution in [0.1, 0.15) is 12.1 Å². The van der Waals surface area contributed by atoms with E-state index in [1.807, 2.05) is 6.07 Å². The zero-order valence-electron chi connectivity index (χ0n) is 10.8. The van der Waals surface area contributed by atoms with Gasteiger partial charge in [-0.1, -0.05) is 0 Å². The Kier molecular flexibility index (Phi) is 6.12. The first-order valence-corrected chi connectivity index (χ1v) is 5.83. The molecule has 7 heteroatoms. The van der Waals surface area contributed by atoms with Crippen LogP contribution in [0, 0.1) is 11.3 Å². The number of amides is 1. The minimum Gasteiger partial charge on any atom is -0.396 e. The van der Waals surface area contributed by atoms with E-state index in [2.05, 4.69) is 15.6 Å². The summed E-state index contributed by atoms with van der Waals surface area (Å²) >= 11 is 0. The lowest BCUT2D eigenvalue weighted by atomic mass is 10.3. The second-order valence-corrected chi connectivity index (χ2v) is 3.77. The highest BCUT2D eigenvalue weighted by Gasteiger charge is 2.03. The van der Waals surface area contributed by atoms with Gasteiger partial charge in [-0.3, -0.25) is 4.79 Å². The van der Waals surface area contributed by atoms with Gasteiger partial charge in [-0.15, -0.1) is 0 Å². The molecule has 0 saturated heterocycles. The number of nitrogens with one attached hydrogen (secondary N) is 2. The molecule has 19 heavy (non-hydrogen) atoms. The SMILES string of the molecule is COCCNC(=O)CCNc1ccc(N)c(C#N)n1. The summed E-state index contributed by atoms with van der Waals surface area (Å²) in [6.45, 7) is 1.42. The van der Waals surface area contributed by atoms with Crippen molar-refractivity contribution >= 4 is 17.4 Å². The van der Waals surface area contributed by atoms with Crippen molar-refractivity contribution in [2.75, 3.05) is 37.9 Å². The molecule has 4 N–H and O–H groups in total. The van der Waals surface area contributed by atoms with Crippen LogP contribution in [0.5, 0.6) is 0 Å². The molecule has 0 aliphatic carbocycles. The lowest BCUT2D eigenvalue weighted by molar-refractivity contribution is -0.121. The van der Waals surface area contributed by atoms with Crippen molar-refractivity contribution < 1.29 is 9.53 Å². The highest BCUT2D eigenvalue weighted by molar-refractivity contribution is 5.76. The van der Waals surface area contributed by atoms with Gasteiger partial charge in [0.1, 0.15) is 11.9 Å². The van der Waals surface area contributed by atoms with E-state index >= 15 is 0 Å². The summed E-state index contributed by atoms with van der Waals surface area (Å²) in [7, 11) is 1.58. The van der Waals surface area contributed by atoms with Crippen LogP contribution < -0.4 is 16.4 Å². The molecule has 0 spiro atoms. The Bertz CT molecular complexity index is 470. The molecule has 0 radical (unpaired) electrons. The highest BCUT2D eigenvalue weighted by Crippen LogP contribution is 2.11. The van der Waals surface area contributed by atoms with Crippen molar-refractivity contribution in [2.45, 2.75) is 6.42 Å². The van der Waals surface area contributed by atoms with E-state index in [4.69, 9.17) is 15.7 Å². The van der Waals surface area contributed by atoms with E-state index in [1.165, 1.54) is 0 Å². The molecule has 0 aromatic carbocycles. The molecular formula is C12H17N5O2. The van der Waals surface area contributed by atoms with Crippen LogP contribution >= 0.6 is 0 Å². The number of nitrogens with two attached hydrogens (primary N) is 1. The van der Waals surface area contributed by atoms with Gasteiger partial charge in [0.2, 0.25) is 5.91 Å². The molecule has 0 saturated carbocycles. The summed E-state index contributed by atoms with van der Waals surface area (Å²) in [5.41, 5.74) is 6.07. The quantitative estimate of drug-likeness (QED) is 0.601. The molecule has 1 amide bonds. The van der Waals surface area contributed by atoms with Gasteiger partial charge in [-0.25, -0.2) is 4.98 Å². The third-order valence-corrected chi connectivity index (χ3v) is 2.32. The van der Waals surface area contributed by atoms with Gasteiger partial charge >= 0.3 is 0 Å². The fourth-order valence-electron chi connectivity index (χ4n) is 1.34. The van der Waals surface area contributed by atoms with Gasteiger partial charge in [-0.2, -0.15) is 5.26 Å². The molecule has 0 atom stereocenters. The largest absolute Gasteiger partial charge is 0.396 e. The van der Waals surface area contributed by atoms with Crippen LogP contribution in [0.4, 0.5) is 11.5 Å². The second kappa shape index (κ2) is 7.89. The van der Waals surface area contributed by atoms with E-state index in [-0.39, 0.29) is 11.6 Å². The second-order valence-electron chi connectivity index (χ2n) is 3.77. The number of aromatic nitrogens is 1. The molecule has 7 nitrogen and oxygen atoms in total. The molecule has 0 bridgehead atoms. The number of hydrogen-bond donors (Lipinski definition) is 3. The monoisotopic (exact) mass is 263 g/mol. The average Bonchev–Trinajstić information content (AvgIpc) is 2.41. The summed E-state index contributed by atoms with van der Waals surface area (Å²) in [5, 5.41) is 14.4. The zero-order chi connectivity index (χ0) is 14.1. The maximum Gasteiger partial charge on any atom is 0.221 e. The first-order valence-electron chi connectivity index (χ1n) is 5.83. The number of carbonyl (C=O) groups is 1. The molecule has 1 aromatic heterocycles. The van der Waals surface area contributed by atoms with E-state index in [0.29, 0.717) is 37.6 Å². The Morgan fingerprint density at radius 2 is 2.32 bits per heavy atom. The van der Waals surface area contributed by atoms with E-state index in [1.54, 1.807) is 19.2 Å². The Balaban J connectivity index is 2.33. The Labute approximate surface area is 111 Å². The topological polar surface area (TPSA) is 113 Å². The summed E-state index contributed by atoms with van der Waals surface area (Å²) in [6.07, 6.45) is 0.317. The number of pyridine rings is 1. The van der Waals surface area contributed by atoms with Gasteiger partial charge in [0, 0.05) is 26.6 Å². The molecule has 0 unspecified atom stereocenters. The van der Waals surface area contributed by atoms with Crippen LogP contribution in [0.15, 0.2) is 12.1 Å². The van der Waals surface area contributed by atoms with Gasteiger partial charge in [0.05, 0.1) is 12.3 Å². The predicted molar refractivity (Wildman–Crippen MR) is 71.4 cm³/mol. The van der Waals surface area contributed by atoms with E-state index < -0.39 is 0 Å². The van der Waals surface area contributed by atoms with Gasteiger partial charge in [0.25, 0.3) is 0 Å². The summed E-state index contributed by atoms with van der Waals surface area (Å²) in [6, 6.07) is 5.17. The number of rotatable bonds is 7. The van der Waals surface area contributed by atoms with Crippen molar-refractivity contribution in [3.05, 3.63) is 17.8 Å². The van der Waals surface area contributed by atoms with Crippen LogP contribution in [0.25, 0.3) is 0 Å². The lowest BCUT2D eigenvalue weighted by Gasteiger charge is -2.07. The number of carbonyl (C=O) groups excluding carboxylic acids is 1. The van der Waals surface area contributed by atoms with Crippen molar-refractivity contribution in [2.24, 2.45) is 0 Å². The standard InChI is InChI=1S/C12H17N5O2/c1-19-7-6-16-12(18)4-5-15-11-3-2-9(14)10(8-13)17-11/h2-3H,4-7,14H2,1H3,(H,15,17)(H,16,18). The summed E-state index contributed by atoms with van der Waals surface area (Å²) in [4.78, 5) is 15.4. The van der Waals surface area contributed by atoms with Gasteiger partial charge in [0.15, 0.2) is 5.69 Å². The molecule has 1 aromatic rings. The number of hydrogen-bond acceptors (Lipinski definition) is 6. The minimum absolute atomic E-state index is 0.0690. The number of anilines is 2. The molecule has 1 heterocycles. The van der Waals surface area contributed by atoms with Crippen LogP contribution in [0.3, 0.4) is 0 Å². The van der Waals surface area contributed by atoms with Crippen LogP contribution in [-0.4, -0.2) is 37.7 Å². The first-order chi connectivity index (χ1) is 9.17. The Morgan fingerprint density at radius 1 is 1.53 bits per heavy atom. The van der Waals surface area contributed by atoms with Crippen LogP contribution in [-0.2, 0) is 9.53 Å². The number of nitriles is 1. The van der Waals surface area contributed by atoms with E-state index in [9.17, 15) is 4.79 Å². The highest BCUT2D eigenvalue weighted by atomic mass is 16.5.